The van der Waals surface area contributed by atoms with Gasteiger partial charge >= 0.3 is 0 Å². The molecule has 0 saturated carbocycles. The molecule has 0 aromatic carbocycles. The van der Waals surface area contributed by atoms with Gasteiger partial charge in [0.05, 0.1) is 12.2 Å². The van der Waals surface area contributed by atoms with E-state index in [9.17, 15) is 0 Å². The quantitative estimate of drug-likeness (QED) is 0.852. The molecule has 1 N–H and O–H groups in total. The highest BCUT2D eigenvalue weighted by molar-refractivity contribution is 4.94. The number of hydrogen-bond acceptors (Lipinski definition) is 4. The van der Waals surface area contributed by atoms with E-state index in [1.807, 2.05) is 0 Å². The number of piperidine rings is 1. The lowest BCUT2D eigenvalue weighted by Gasteiger charge is -2.44. The van der Waals surface area contributed by atoms with E-state index in [4.69, 9.17) is 9.47 Å². The molecule has 3 heterocycles. The standard InChI is InChI=1S/C16H30N2O2/c1-2-7-17-14-3-8-18(9-4-14)15-5-10-20-16(12-15)6-11-19-13-16/h14-15,17H,2-13H2,1H3. The largest absolute Gasteiger partial charge is 0.378 e. The van der Waals surface area contributed by atoms with Crippen molar-refractivity contribution in [2.45, 2.75) is 63.1 Å². The normalized spacial score (nSPS) is 36.8. The molecule has 3 rings (SSSR count). The topological polar surface area (TPSA) is 33.7 Å². The van der Waals surface area contributed by atoms with Gasteiger partial charge < -0.3 is 19.7 Å². The number of nitrogens with one attached hydrogen (secondary N) is 1. The van der Waals surface area contributed by atoms with Crippen molar-refractivity contribution in [3.8, 4) is 0 Å². The lowest BCUT2D eigenvalue weighted by atomic mass is 9.87. The van der Waals surface area contributed by atoms with Gasteiger partial charge in [0.15, 0.2) is 0 Å². The highest BCUT2D eigenvalue weighted by Crippen LogP contribution is 2.35. The van der Waals surface area contributed by atoms with Crippen LogP contribution in [0.2, 0.25) is 0 Å². The minimum atomic E-state index is 0.0558. The highest BCUT2D eigenvalue weighted by Gasteiger charge is 2.42. The summed E-state index contributed by atoms with van der Waals surface area (Å²) in [7, 11) is 0. The monoisotopic (exact) mass is 282 g/mol. The van der Waals surface area contributed by atoms with Crippen LogP contribution in [-0.2, 0) is 9.47 Å². The Hall–Kier alpha value is -0.160. The Bertz CT molecular complexity index is 297. The van der Waals surface area contributed by atoms with Crippen molar-refractivity contribution < 1.29 is 9.47 Å². The number of hydrogen-bond donors (Lipinski definition) is 1. The summed E-state index contributed by atoms with van der Waals surface area (Å²) >= 11 is 0. The smallest absolute Gasteiger partial charge is 0.0951 e. The summed E-state index contributed by atoms with van der Waals surface area (Å²) in [5, 5.41) is 3.67. The van der Waals surface area contributed by atoms with E-state index in [1.165, 1.54) is 51.7 Å². The highest BCUT2D eigenvalue weighted by atomic mass is 16.6. The summed E-state index contributed by atoms with van der Waals surface area (Å²) in [4.78, 5) is 2.71. The number of likely N-dealkylation sites (tertiary alicyclic amines) is 1. The molecule has 3 saturated heterocycles. The predicted octanol–water partition coefficient (Wildman–Crippen LogP) is 1.79. The molecule has 0 bridgehead atoms. The molecule has 3 aliphatic heterocycles. The SMILES string of the molecule is CCCNC1CCN(C2CCOC3(CCOC3)C2)CC1. The third-order valence-electron chi connectivity index (χ3n) is 5.26. The summed E-state index contributed by atoms with van der Waals surface area (Å²) < 4.78 is 11.6. The van der Waals surface area contributed by atoms with Gasteiger partial charge in [0.25, 0.3) is 0 Å². The van der Waals surface area contributed by atoms with E-state index in [1.54, 1.807) is 0 Å². The van der Waals surface area contributed by atoms with Gasteiger partial charge in [-0.25, -0.2) is 0 Å². The van der Waals surface area contributed by atoms with Gasteiger partial charge in [-0.3, -0.25) is 0 Å². The van der Waals surface area contributed by atoms with E-state index in [0.717, 1.165) is 38.3 Å². The number of rotatable bonds is 4. The Morgan fingerprint density at radius 2 is 2.05 bits per heavy atom. The lowest BCUT2D eigenvalue weighted by molar-refractivity contribution is -0.108. The van der Waals surface area contributed by atoms with Gasteiger partial charge in [0.1, 0.15) is 0 Å². The first-order valence-electron chi connectivity index (χ1n) is 8.50. The van der Waals surface area contributed by atoms with Crippen molar-refractivity contribution in [1.82, 2.24) is 10.2 Å². The maximum absolute atomic E-state index is 6.06. The lowest BCUT2D eigenvalue weighted by Crippen LogP contribution is -2.52. The molecule has 2 atom stereocenters. The second-order valence-electron chi connectivity index (χ2n) is 6.75. The van der Waals surface area contributed by atoms with Crippen molar-refractivity contribution in [3.63, 3.8) is 0 Å². The zero-order valence-corrected chi connectivity index (χ0v) is 12.9. The van der Waals surface area contributed by atoms with Crippen LogP contribution in [0.5, 0.6) is 0 Å². The van der Waals surface area contributed by atoms with Crippen LogP contribution in [0.25, 0.3) is 0 Å². The molecular formula is C16H30N2O2. The van der Waals surface area contributed by atoms with E-state index in [2.05, 4.69) is 17.1 Å². The van der Waals surface area contributed by atoms with Crippen molar-refractivity contribution in [1.29, 1.82) is 0 Å². The van der Waals surface area contributed by atoms with Crippen LogP contribution in [-0.4, -0.2) is 62.0 Å². The molecule has 116 valence electrons. The molecule has 4 nitrogen and oxygen atoms in total. The molecule has 2 unspecified atom stereocenters. The van der Waals surface area contributed by atoms with Gasteiger partial charge in [-0.05, 0) is 51.7 Å². The number of ether oxygens (including phenoxy) is 2. The van der Waals surface area contributed by atoms with Crippen molar-refractivity contribution in [2.24, 2.45) is 0 Å². The Morgan fingerprint density at radius 3 is 2.75 bits per heavy atom. The third-order valence-corrected chi connectivity index (χ3v) is 5.26. The van der Waals surface area contributed by atoms with Crippen molar-refractivity contribution in [3.05, 3.63) is 0 Å². The molecule has 0 aromatic heterocycles. The average Bonchev–Trinajstić information content (AvgIpc) is 2.93. The molecule has 20 heavy (non-hydrogen) atoms. The maximum atomic E-state index is 6.06. The maximum Gasteiger partial charge on any atom is 0.0951 e. The zero-order chi connectivity index (χ0) is 13.8. The molecule has 1 spiro atoms. The average molecular weight is 282 g/mol. The van der Waals surface area contributed by atoms with Crippen LogP contribution in [0, 0.1) is 0 Å². The summed E-state index contributed by atoms with van der Waals surface area (Å²) in [5.41, 5.74) is 0.0558. The molecular weight excluding hydrogens is 252 g/mol. The second kappa shape index (κ2) is 6.73. The predicted molar refractivity (Wildman–Crippen MR) is 80.0 cm³/mol. The number of nitrogens with zero attached hydrogens (tertiary/aromatic N) is 1. The Balaban J connectivity index is 1.48. The Labute approximate surface area is 123 Å². The van der Waals surface area contributed by atoms with Crippen LogP contribution >= 0.6 is 0 Å². The Morgan fingerprint density at radius 1 is 1.20 bits per heavy atom. The molecule has 3 fully saturated rings. The third kappa shape index (κ3) is 3.35. The molecule has 3 aliphatic rings. The molecule has 0 aliphatic carbocycles. The van der Waals surface area contributed by atoms with Crippen LogP contribution < -0.4 is 5.32 Å². The molecule has 0 radical (unpaired) electrons. The van der Waals surface area contributed by atoms with Gasteiger partial charge in [-0.15, -0.1) is 0 Å². The van der Waals surface area contributed by atoms with Gasteiger partial charge in [0, 0.05) is 31.7 Å². The molecule has 0 amide bonds. The van der Waals surface area contributed by atoms with Crippen LogP contribution in [0.1, 0.15) is 45.4 Å². The van der Waals surface area contributed by atoms with Crippen LogP contribution in [0.3, 0.4) is 0 Å². The van der Waals surface area contributed by atoms with Gasteiger partial charge in [-0.1, -0.05) is 6.92 Å². The zero-order valence-electron chi connectivity index (χ0n) is 12.9. The molecule has 0 aromatic rings. The summed E-state index contributed by atoms with van der Waals surface area (Å²) in [6.07, 6.45) is 7.33. The van der Waals surface area contributed by atoms with Crippen molar-refractivity contribution in [2.75, 3.05) is 39.5 Å². The summed E-state index contributed by atoms with van der Waals surface area (Å²) in [6, 6.07) is 1.47. The van der Waals surface area contributed by atoms with E-state index < -0.39 is 0 Å². The van der Waals surface area contributed by atoms with Gasteiger partial charge in [-0.2, -0.15) is 0 Å². The Kier molecular flexibility index (Phi) is 4.97. The minimum absolute atomic E-state index is 0.0558. The van der Waals surface area contributed by atoms with E-state index in [0.29, 0.717) is 0 Å². The molecule has 4 heteroatoms. The summed E-state index contributed by atoms with van der Waals surface area (Å²) in [6.45, 7) is 8.54. The summed E-state index contributed by atoms with van der Waals surface area (Å²) in [5.74, 6) is 0. The van der Waals surface area contributed by atoms with Crippen molar-refractivity contribution >= 4 is 0 Å². The first-order chi connectivity index (χ1) is 9.81. The first-order valence-corrected chi connectivity index (χ1v) is 8.50. The first kappa shape index (κ1) is 14.8. The fourth-order valence-electron chi connectivity index (χ4n) is 3.99. The van der Waals surface area contributed by atoms with Crippen LogP contribution in [0.4, 0.5) is 0 Å². The van der Waals surface area contributed by atoms with Crippen LogP contribution in [0.15, 0.2) is 0 Å². The van der Waals surface area contributed by atoms with E-state index >= 15 is 0 Å². The minimum Gasteiger partial charge on any atom is -0.378 e. The van der Waals surface area contributed by atoms with Gasteiger partial charge in [0.2, 0.25) is 0 Å². The second-order valence-corrected chi connectivity index (χ2v) is 6.75. The fraction of sp³-hybridized carbons (Fsp3) is 1.00. The van der Waals surface area contributed by atoms with E-state index in [-0.39, 0.29) is 5.60 Å². The fourth-order valence-corrected chi connectivity index (χ4v) is 3.99.